The fourth-order valence-electron chi connectivity index (χ4n) is 2.98. The minimum atomic E-state index is -0.774. The average Bonchev–Trinajstić information content (AvgIpc) is 2.96. The molecule has 0 spiro atoms. The van der Waals surface area contributed by atoms with Gasteiger partial charge in [-0.25, -0.2) is 0 Å². The van der Waals surface area contributed by atoms with Crippen molar-refractivity contribution in [3.05, 3.63) is 60.2 Å². The number of rotatable bonds is 5. The lowest BCUT2D eigenvalue weighted by atomic mass is 10.0. The zero-order valence-corrected chi connectivity index (χ0v) is 12.3. The van der Waals surface area contributed by atoms with Gasteiger partial charge in [-0.05, 0) is 49.2 Å². The molecule has 0 aromatic heterocycles. The Bertz CT molecular complexity index is 642. The first kappa shape index (κ1) is 14.6. The molecule has 114 valence electrons. The van der Waals surface area contributed by atoms with Crippen LogP contribution < -0.4 is 4.74 Å². The SMILES string of the molecule is O=C(O)CN1CCCC1c1cccc(Oc2ccccc2)c1. The summed E-state index contributed by atoms with van der Waals surface area (Å²) in [6.07, 6.45) is 2.02. The molecule has 2 aromatic rings. The molecule has 1 N–H and O–H groups in total. The highest BCUT2D eigenvalue weighted by atomic mass is 16.5. The fourth-order valence-corrected chi connectivity index (χ4v) is 2.98. The maximum Gasteiger partial charge on any atom is 0.317 e. The van der Waals surface area contributed by atoms with Crippen molar-refractivity contribution in [2.24, 2.45) is 0 Å². The van der Waals surface area contributed by atoms with Gasteiger partial charge in [0.1, 0.15) is 11.5 Å². The van der Waals surface area contributed by atoms with Crippen molar-refractivity contribution >= 4 is 5.97 Å². The number of benzene rings is 2. The summed E-state index contributed by atoms with van der Waals surface area (Å²) in [5.41, 5.74) is 1.12. The normalized spacial score (nSPS) is 18.3. The largest absolute Gasteiger partial charge is 0.480 e. The summed E-state index contributed by atoms with van der Waals surface area (Å²) in [6, 6.07) is 17.8. The highest BCUT2D eigenvalue weighted by Crippen LogP contribution is 2.33. The van der Waals surface area contributed by atoms with Gasteiger partial charge < -0.3 is 9.84 Å². The van der Waals surface area contributed by atoms with Crippen molar-refractivity contribution in [1.29, 1.82) is 0 Å². The predicted octanol–water partition coefficient (Wildman–Crippen LogP) is 3.70. The highest BCUT2D eigenvalue weighted by molar-refractivity contribution is 5.69. The summed E-state index contributed by atoms with van der Waals surface area (Å²) in [4.78, 5) is 13.0. The number of nitrogens with zero attached hydrogens (tertiary/aromatic N) is 1. The van der Waals surface area contributed by atoms with Crippen molar-refractivity contribution in [2.75, 3.05) is 13.1 Å². The van der Waals surface area contributed by atoms with Gasteiger partial charge in [-0.1, -0.05) is 30.3 Å². The minimum absolute atomic E-state index is 0.0917. The van der Waals surface area contributed by atoms with Gasteiger partial charge in [0.25, 0.3) is 0 Å². The van der Waals surface area contributed by atoms with Crippen LogP contribution in [0, 0.1) is 0 Å². The molecule has 3 rings (SSSR count). The third kappa shape index (κ3) is 3.46. The topological polar surface area (TPSA) is 49.8 Å². The summed E-state index contributed by atoms with van der Waals surface area (Å²) in [5, 5.41) is 9.02. The van der Waals surface area contributed by atoms with Crippen molar-refractivity contribution in [1.82, 2.24) is 4.90 Å². The first-order chi connectivity index (χ1) is 10.7. The van der Waals surface area contributed by atoms with Gasteiger partial charge >= 0.3 is 5.97 Å². The molecule has 1 saturated heterocycles. The van der Waals surface area contributed by atoms with E-state index in [0.29, 0.717) is 0 Å². The number of para-hydroxylation sites is 1. The van der Waals surface area contributed by atoms with E-state index in [-0.39, 0.29) is 12.6 Å². The maximum absolute atomic E-state index is 11.0. The van der Waals surface area contributed by atoms with E-state index in [1.165, 1.54) is 0 Å². The van der Waals surface area contributed by atoms with Gasteiger partial charge in [-0.2, -0.15) is 0 Å². The second-order valence-corrected chi connectivity index (χ2v) is 5.51. The van der Waals surface area contributed by atoms with Gasteiger partial charge in [0.15, 0.2) is 0 Å². The third-order valence-electron chi connectivity index (χ3n) is 3.92. The van der Waals surface area contributed by atoms with E-state index < -0.39 is 5.97 Å². The molecular formula is C18H19NO3. The van der Waals surface area contributed by atoms with E-state index in [0.717, 1.165) is 36.4 Å². The molecule has 1 aliphatic heterocycles. The molecule has 22 heavy (non-hydrogen) atoms. The van der Waals surface area contributed by atoms with Crippen LogP contribution in [-0.2, 0) is 4.79 Å². The molecular weight excluding hydrogens is 278 g/mol. The molecule has 1 heterocycles. The van der Waals surface area contributed by atoms with Gasteiger partial charge in [0.05, 0.1) is 6.54 Å². The van der Waals surface area contributed by atoms with Gasteiger partial charge in [-0.3, -0.25) is 9.69 Å². The molecule has 1 atom stereocenters. The van der Waals surface area contributed by atoms with Crippen LogP contribution >= 0.6 is 0 Å². The lowest BCUT2D eigenvalue weighted by molar-refractivity contribution is -0.138. The summed E-state index contributed by atoms with van der Waals surface area (Å²) in [5.74, 6) is 0.808. The van der Waals surface area contributed by atoms with E-state index in [1.54, 1.807) is 0 Å². The molecule has 0 amide bonds. The van der Waals surface area contributed by atoms with Crippen molar-refractivity contribution in [3.8, 4) is 11.5 Å². The molecule has 4 nitrogen and oxygen atoms in total. The Hall–Kier alpha value is -2.33. The Morgan fingerprint density at radius 2 is 1.91 bits per heavy atom. The Labute approximate surface area is 130 Å². The quantitative estimate of drug-likeness (QED) is 0.914. The van der Waals surface area contributed by atoms with E-state index >= 15 is 0 Å². The number of carboxylic acids is 1. The summed E-state index contributed by atoms with van der Waals surface area (Å²) in [6.45, 7) is 0.926. The zero-order chi connectivity index (χ0) is 15.4. The monoisotopic (exact) mass is 297 g/mol. The van der Waals surface area contributed by atoms with Gasteiger partial charge in [-0.15, -0.1) is 0 Å². The standard InChI is InChI=1S/C18H19NO3/c20-18(21)13-19-11-5-10-17(19)14-6-4-9-16(12-14)22-15-7-2-1-3-8-15/h1-4,6-9,12,17H,5,10-11,13H2,(H,20,21). The minimum Gasteiger partial charge on any atom is -0.480 e. The molecule has 1 fully saturated rings. The maximum atomic E-state index is 11.0. The number of aliphatic carboxylic acids is 1. The van der Waals surface area contributed by atoms with Crippen LogP contribution in [0.25, 0.3) is 0 Å². The number of likely N-dealkylation sites (tertiary alicyclic amines) is 1. The number of hydrogen-bond acceptors (Lipinski definition) is 3. The number of ether oxygens (including phenoxy) is 1. The Balaban J connectivity index is 1.77. The van der Waals surface area contributed by atoms with E-state index in [9.17, 15) is 4.79 Å². The molecule has 4 heteroatoms. The third-order valence-corrected chi connectivity index (χ3v) is 3.92. The summed E-state index contributed by atoms with van der Waals surface area (Å²) < 4.78 is 5.86. The summed E-state index contributed by atoms with van der Waals surface area (Å²) >= 11 is 0. The zero-order valence-electron chi connectivity index (χ0n) is 12.3. The molecule has 2 aromatic carbocycles. The number of hydrogen-bond donors (Lipinski definition) is 1. The molecule has 0 radical (unpaired) electrons. The van der Waals surface area contributed by atoms with Crippen molar-refractivity contribution < 1.29 is 14.6 Å². The predicted molar refractivity (Wildman–Crippen MR) is 84.1 cm³/mol. The van der Waals surface area contributed by atoms with Gasteiger partial charge in [0, 0.05) is 6.04 Å². The lowest BCUT2D eigenvalue weighted by Crippen LogP contribution is -2.29. The van der Waals surface area contributed by atoms with Crippen LogP contribution in [0.15, 0.2) is 54.6 Å². The second-order valence-electron chi connectivity index (χ2n) is 5.51. The lowest BCUT2D eigenvalue weighted by Gasteiger charge is -2.23. The summed E-state index contributed by atoms with van der Waals surface area (Å²) in [7, 11) is 0. The van der Waals surface area contributed by atoms with Gasteiger partial charge in [0.2, 0.25) is 0 Å². The van der Waals surface area contributed by atoms with Crippen LogP contribution in [0.4, 0.5) is 0 Å². The molecule has 0 saturated carbocycles. The second kappa shape index (κ2) is 6.62. The molecule has 1 aliphatic rings. The molecule has 0 aliphatic carbocycles. The molecule has 1 unspecified atom stereocenters. The number of carbonyl (C=O) groups is 1. The van der Waals surface area contributed by atoms with E-state index in [1.807, 2.05) is 59.5 Å². The first-order valence-electron chi connectivity index (χ1n) is 7.51. The average molecular weight is 297 g/mol. The Morgan fingerprint density at radius 3 is 2.68 bits per heavy atom. The van der Waals surface area contributed by atoms with Crippen LogP contribution in [0.1, 0.15) is 24.4 Å². The smallest absolute Gasteiger partial charge is 0.317 e. The fraction of sp³-hybridized carbons (Fsp3) is 0.278. The van der Waals surface area contributed by atoms with E-state index in [4.69, 9.17) is 9.84 Å². The van der Waals surface area contributed by atoms with Crippen molar-refractivity contribution in [2.45, 2.75) is 18.9 Å². The first-order valence-corrected chi connectivity index (χ1v) is 7.51. The number of carboxylic acid groups (broad SMARTS) is 1. The Morgan fingerprint density at radius 1 is 1.14 bits per heavy atom. The van der Waals surface area contributed by atoms with E-state index in [2.05, 4.69) is 0 Å². The highest BCUT2D eigenvalue weighted by Gasteiger charge is 2.27. The molecule has 0 bridgehead atoms. The Kier molecular flexibility index (Phi) is 4.39. The van der Waals surface area contributed by atoms with Crippen molar-refractivity contribution in [3.63, 3.8) is 0 Å². The van der Waals surface area contributed by atoms with Crippen LogP contribution in [0.2, 0.25) is 0 Å². The van der Waals surface area contributed by atoms with Crippen LogP contribution in [0.5, 0.6) is 11.5 Å². The van der Waals surface area contributed by atoms with Crippen LogP contribution in [0.3, 0.4) is 0 Å². The van der Waals surface area contributed by atoms with Crippen LogP contribution in [-0.4, -0.2) is 29.1 Å².